The Morgan fingerprint density at radius 3 is 2.44 bits per heavy atom. The van der Waals surface area contributed by atoms with Crippen molar-refractivity contribution in [2.45, 2.75) is 64.8 Å². The van der Waals surface area contributed by atoms with Crippen LogP contribution < -0.4 is 15.4 Å². The zero-order valence-corrected chi connectivity index (χ0v) is 20.2. The van der Waals surface area contributed by atoms with Crippen LogP contribution in [0.4, 0.5) is 0 Å². The molecule has 1 aromatic heterocycles. The fourth-order valence-electron chi connectivity index (χ4n) is 3.87. The van der Waals surface area contributed by atoms with Gasteiger partial charge in [-0.05, 0) is 44.4 Å². The molecular weight excluding hydrogens is 404 g/mol. The molecule has 1 aliphatic heterocycles. The highest BCUT2D eigenvalue weighted by Crippen LogP contribution is 2.35. The van der Waals surface area contributed by atoms with Crippen LogP contribution in [0.3, 0.4) is 0 Å². The fraction of sp³-hybridized carbons (Fsp3) is 0.600. The van der Waals surface area contributed by atoms with Crippen LogP contribution in [-0.4, -0.2) is 43.9 Å². The number of hydrogen-bond donors (Lipinski definition) is 2. The summed E-state index contributed by atoms with van der Waals surface area (Å²) in [6, 6.07) is 8.49. The number of guanidine groups is 1. The lowest BCUT2D eigenvalue weighted by atomic mass is 9.74. The second kappa shape index (κ2) is 10.9. The van der Waals surface area contributed by atoms with Crippen LogP contribution in [0.2, 0.25) is 0 Å². The Bertz CT molecular complexity index is 862. The highest BCUT2D eigenvalue weighted by molar-refractivity contribution is 5.79. The first-order chi connectivity index (χ1) is 15.4. The number of aromatic nitrogens is 1. The lowest BCUT2D eigenvalue weighted by molar-refractivity contribution is 0.0513. The number of rotatable bonds is 8. The molecule has 0 aliphatic carbocycles. The van der Waals surface area contributed by atoms with E-state index < -0.39 is 0 Å². The minimum absolute atomic E-state index is 0.0124. The number of benzene rings is 1. The number of aliphatic imine (C=N–C) groups is 1. The van der Waals surface area contributed by atoms with E-state index in [1.54, 1.807) is 6.20 Å². The number of nitrogens with one attached hydrogen (secondary N) is 2. The van der Waals surface area contributed by atoms with Gasteiger partial charge in [0.15, 0.2) is 5.96 Å². The molecule has 0 amide bonds. The van der Waals surface area contributed by atoms with Crippen LogP contribution in [0, 0.1) is 0 Å². The second-order valence-corrected chi connectivity index (χ2v) is 9.27. The highest BCUT2D eigenvalue weighted by atomic mass is 16.5. The predicted octanol–water partition coefficient (Wildman–Crippen LogP) is 4.17. The molecule has 0 spiro atoms. The maximum atomic E-state index is 5.89. The maximum Gasteiger partial charge on any atom is 0.216 e. The monoisotopic (exact) mass is 442 g/mol. The fourth-order valence-corrected chi connectivity index (χ4v) is 3.87. The Morgan fingerprint density at radius 1 is 1.12 bits per heavy atom. The second-order valence-electron chi connectivity index (χ2n) is 9.27. The number of ether oxygens (including phenoxy) is 2. The van der Waals surface area contributed by atoms with Gasteiger partial charge >= 0.3 is 0 Å². The van der Waals surface area contributed by atoms with Gasteiger partial charge in [0.2, 0.25) is 5.89 Å². The standard InChI is InChI=1S/C25H38N4O3/c1-6-26-23(28-17-22-27-16-21(32-22)24(3,4)5)29-18-25(12-14-30-15-13-25)19-8-10-20(11-9-19)31-7-2/h8-11,16H,6-7,12-15,17-18H2,1-5H3,(H2,26,28,29). The third-order valence-corrected chi connectivity index (χ3v) is 5.83. The van der Waals surface area contributed by atoms with E-state index in [1.165, 1.54) is 5.56 Å². The van der Waals surface area contributed by atoms with Gasteiger partial charge in [-0.15, -0.1) is 0 Å². The van der Waals surface area contributed by atoms with E-state index in [0.717, 1.165) is 56.6 Å². The summed E-state index contributed by atoms with van der Waals surface area (Å²) in [4.78, 5) is 9.11. The molecule has 176 valence electrons. The molecule has 3 rings (SSSR count). The van der Waals surface area contributed by atoms with Crippen LogP contribution in [0.25, 0.3) is 0 Å². The Balaban J connectivity index is 1.72. The average molecular weight is 443 g/mol. The smallest absolute Gasteiger partial charge is 0.216 e. The van der Waals surface area contributed by atoms with Crippen molar-refractivity contribution >= 4 is 5.96 Å². The van der Waals surface area contributed by atoms with Gasteiger partial charge in [0, 0.05) is 37.1 Å². The molecule has 2 N–H and O–H groups in total. The SMILES string of the molecule is CCNC(=NCc1ncc(C(C)(C)C)o1)NCC1(c2ccc(OCC)cc2)CCOCC1. The molecule has 1 saturated heterocycles. The van der Waals surface area contributed by atoms with Crippen LogP contribution in [0.1, 0.15) is 64.7 Å². The minimum Gasteiger partial charge on any atom is -0.494 e. The molecule has 0 atom stereocenters. The quantitative estimate of drug-likeness (QED) is 0.472. The molecular formula is C25H38N4O3. The lowest BCUT2D eigenvalue weighted by Crippen LogP contribution is -2.48. The summed E-state index contributed by atoms with van der Waals surface area (Å²) in [7, 11) is 0. The van der Waals surface area contributed by atoms with Crippen LogP contribution in [-0.2, 0) is 22.1 Å². The summed E-state index contributed by atoms with van der Waals surface area (Å²) >= 11 is 0. The van der Waals surface area contributed by atoms with Crippen molar-refractivity contribution in [3.05, 3.63) is 47.7 Å². The normalized spacial score (nSPS) is 16.6. The highest BCUT2D eigenvalue weighted by Gasteiger charge is 2.34. The van der Waals surface area contributed by atoms with Gasteiger partial charge in [-0.3, -0.25) is 0 Å². The Kier molecular flexibility index (Phi) is 8.18. The summed E-state index contributed by atoms with van der Waals surface area (Å²) in [6.45, 7) is 14.5. The zero-order chi connectivity index (χ0) is 23.0. The molecule has 7 heteroatoms. The number of oxazole rings is 1. The van der Waals surface area contributed by atoms with Gasteiger partial charge in [0.1, 0.15) is 18.1 Å². The summed E-state index contributed by atoms with van der Waals surface area (Å²) in [5.74, 6) is 3.17. The molecule has 7 nitrogen and oxygen atoms in total. The van der Waals surface area contributed by atoms with Crippen LogP contribution in [0.5, 0.6) is 5.75 Å². The van der Waals surface area contributed by atoms with Crippen LogP contribution >= 0.6 is 0 Å². The molecule has 1 aromatic carbocycles. The van der Waals surface area contributed by atoms with E-state index in [0.29, 0.717) is 19.0 Å². The molecule has 0 bridgehead atoms. The molecule has 0 saturated carbocycles. The number of hydrogen-bond acceptors (Lipinski definition) is 5. The Morgan fingerprint density at radius 2 is 1.84 bits per heavy atom. The van der Waals surface area contributed by atoms with Gasteiger partial charge in [-0.25, -0.2) is 9.98 Å². The van der Waals surface area contributed by atoms with Crippen molar-refractivity contribution in [1.82, 2.24) is 15.6 Å². The van der Waals surface area contributed by atoms with E-state index in [-0.39, 0.29) is 10.8 Å². The van der Waals surface area contributed by atoms with Crippen molar-refractivity contribution in [3.63, 3.8) is 0 Å². The minimum atomic E-state index is -0.0646. The van der Waals surface area contributed by atoms with Crippen LogP contribution in [0.15, 0.2) is 39.9 Å². The third kappa shape index (κ3) is 6.25. The summed E-state index contributed by atoms with van der Waals surface area (Å²) in [5, 5.41) is 6.90. The first kappa shape index (κ1) is 24.1. The van der Waals surface area contributed by atoms with Gasteiger partial charge in [0.05, 0.1) is 12.8 Å². The van der Waals surface area contributed by atoms with Crippen molar-refractivity contribution in [3.8, 4) is 5.75 Å². The van der Waals surface area contributed by atoms with E-state index >= 15 is 0 Å². The summed E-state index contributed by atoms with van der Waals surface area (Å²) in [6.07, 6.45) is 3.72. The zero-order valence-electron chi connectivity index (χ0n) is 20.2. The van der Waals surface area contributed by atoms with E-state index in [2.05, 4.69) is 67.6 Å². The van der Waals surface area contributed by atoms with Gasteiger partial charge in [-0.1, -0.05) is 32.9 Å². The van der Waals surface area contributed by atoms with E-state index in [9.17, 15) is 0 Å². The third-order valence-electron chi connectivity index (χ3n) is 5.83. The number of nitrogens with zero attached hydrogens (tertiary/aromatic N) is 2. The predicted molar refractivity (Wildman–Crippen MR) is 127 cm³/mol. The molecule has 2 heterocycles. The topological polar surface area (TPSA) is 80.9 Å². The summed E-state index contributed by atoms with van der Waals surface area (Å²) < 4.78 is 17.2. The molecule has 0 unspecified atom stereocenters. The molecule has 1 aliphatic rings. The Hall–Kier alpha value is -2.54. The summed E-state index contributed by atoms with van der Waals surface area (Å²) in [5.41, 5.74) is 1.22. The first-order valence-electron chi connectivity index (χ1n) is 11.6. The largest absolute Gasteiger partial charge is 0.494 e. The lowest BCUT2D eigenvalue weighted by Gasteiger charge is -2.38. The van der Waals surface area contributed by atoms with E-state index in [1.807, 2.05) is 6.92 Å². The molecule has 1 fully saturated rings. The van der Waals surface area contributed by atoms with E-state index in [4.69, 9.17) is 18.9 Å². The van der Waals surface area contributed by atoms with Gasteiger partial charge < -0.3 is 24.5 Å². The average Bonchev–Trinajstić information content (AvgIpc) is 3.27. The maximum absolute atomic E-state index is 5.89. The van der Waals surface area contributed by atoms with Gasteiger partial charge in [-0.2, -0.15) is 0 Å². The van der Waals surface area contributed by atoms with Crippen molar-refractivity contribution in [2.75, 3.05) is 32.9 Å². The van der Waals surface area contributed by atoms with Crippen molar-refractivity contribution in [1.29, 1.82) is 0 Å². The van der Waals surface area contributed by atoms with Crippen molar-refractivity contribution < 1.29 is 13.9 Å². The first-order valence-corrected chi connectivity index (χ1v) is 11.6. The van der Waals surface area contributed by atoms with Crippen molar-refractivity contribution in [2.24, 2.45) is 4.99 Å². The molecule has 32 heavy (non-hydrogen) atoms. The van der Waals surface area contributed by atoms with Gasteiger partial charge in [0.25, 0.3) is 0 Å². The molecule has 0 radical (unpaired) electrons. The molecule has 2 aromatic rings. The Labute approximate surface area is 192 Å².